The molecule has 148 valence electrons. The molecule has 8 nitrogen and oxygen atoms in total. The number of amides is 2. The average molecular weight is 385 g/mol. The molecule has 0 fully saturated rings. The summed E-state index contributed by atoms with van der Waals surface area (Å²) in [5, 5.41) is 0. The summed E-state index contributed by atoms with van der Waals surface area (Å²) in [5.41, 5.74) is 12.9. The highest BCUT2D eigenvalue weighted by Gasteiger charge is 2.10. The van der Waals surface area contributed by atoms with Crippen molar-refractivity contribution in [3.05, 3.63) is 65.2 Å². The van der Waals surface area contributed by atoms with E-state index in [4.69, 9.17) is 15.2 Å². The molecule has 8 heteroatoms. The first-order valence-electron chi connectivity index (χ1n) is 8.44. The zero-order valence-electron chi connectivity index (χ0n) is 15.9. The van der Waals surface area contributed by atoms with Crippen molar-refractivity contribution < 1.29 is 23.8 Å². The summed E-state index contributed by atoms with van der Waals surface area (Å²) in [6.45, 7) is 2.12. The van der Waals surface area contributed by atoms with Crippen molar-refractivity contribution in [2.24, 2.45) is 5.73 Å². The Bertz CT molecular complexity index is 863. The molecule has 0 aromatic heterocycles. The summed E-state index contributed by atoms with van der Waals surface area (Å²) in [4.78, 5) is 22.3. The monoisotopic (exact) mass is 385 g/mol. The summed E-state index contributed by atoms with van der Waals surface area (Å²) in [7, 11) is 2.88. The lowest BCUT2D eigenvalue weighted by molar-refractivity contribution is 0.0600. The third-order valence-electron chi connectivity index (χ3n) is 3.85. The second-order valence-corrected chi connectivity index (χ2v) is 5.66. The number of methoxy groups -OCH3 is 2. The van der Waals surface area contributed by atoms with E-state index < -0.39 is 6.03 Å². The molecule has 28 heavy (non-hydrogen) atoms. The van der Waals surface area contributed by atoms with Crippen LogP contribution >= 0.6 is 0 Å². The van der Waals surface area contributed by atoms with Crippen molar-refractivity contribution in [2.45, 2.75) is 13.5 Å². The Hall–Kier alpha value is -3.68. The summed E-state index contributed by atoms with van der Waals surface area (Å²) in [6, 6.07) is 11.6. The van der Waals surface area contributed by atoms with Crippen LogP contribution in [0.2, 0.25) is 0 Å². The molecule has 2 amide bonds. The van der Waals surface area contributed by atoms with E-state index in [-0.39, 0.29) is 5.97 Å². The number of nitrogens with one attached hydrogen (secondary N) is 2. The highest BCUT2D eigenvalue weighted by Crippen LogP contribution is 2.30. The van der Waals surface area contributed by atoms with Gasteiger partial charge in [0.15, 0.2) is 11.5 Å². The van der Waals surface area contributed by atoms with Crippen molar-refractivity contribution in [2.75, 3.05) is 14.2 Å². The van der Waals surface area contributed by atoms with Gasteiger partial charge in [-0.1, -0.05) is 18.2 Å². The Labute approximate surface area is 163 Å². The molecule has 2 rings (SSSR count). The molecule has 2 aromatic rings. The first-order valence-corrected chi connectivity index (χ1v) is 8.44. The van der Waals surface area contributed by atoms with Crippen LogP contribution < -0.4 is 26.1 Å². The molecule has 0 atom stereocenters. The lowest BCUT2D eigenvalue weighted by Crippen LogP contribution is -2.39. The van der Waals surface area contributed by atoms with Gasteiger partial charge in [-0.2, -0.15) is 0 Å². The standard InChI is InChI=1S/C20H23N3O5/c1-4-16(22-23-20(21)25)15-9-10-17(18(11-15)26-2)28-12-13-5-7-14(8-6-13)19(24)27-3/h4-11,22H,12H2,1-3H3,(H3,21,23,25)/b16-4+. The van der Waals surface area contributed by atoms with Crippen LogP contribution in [-0.2, 0) is 11.3 Å². The molecule has 0 saturated heterocycles. The Morgan fingerprint density at radius 2 is 1.68 bits per heavy atom. The molecule has 0 unspecified atom stereocenters. The van der Waals surface area contributed by atoms with E-state index in [1.807, 2.05) is 13.0 Å². The number of benzene rings is 2. The number of carbonyl (C=O) groups excluding carboxylic acids is 2. The largest absolute Gasteiger partial charge is 0.493 e. The number of hydrogen-bond donors (Lipinski definition) is 3. The van der Waals surface area contributed by atoms with Gasteiger partial charge in [0.25, 0.3) is 0 Å². The molecule has 0 bridgehead atoms. The Morgan fingerprint density at radius 3 is 2.25 bits per heavy atom. The van der Waals surface area contributed by atoms with Crippen LogP contribution in [0, 0.1) is 0 Å². The number of urea groups is 1. The molecule has 0 heterocycles. The topological polar surface area (TPSA) is 112 Å². The van der Waals surface area contributed by atoms with Gasteiger partial charge in [0, 0.05) is 5.56 Å². The minimum absolute atomic E-state index is 0.301. The van der Waals surface area contributed by atoms with Crippen LogP contribution in [0.25, 0.3) is 5.70 Å². The summed E-state index contributed by atoms with van der Waals surface area (Å²) in [6.07, 6.45) is 1.79. The van der Waals surface area contributed by atoms with Crippen molar-refractivity contribution in [3.63, 3.8) is 0 Å². The maximum Gasteiger partial charge on any atom is 0.337 e. The van der Waals surface area contributed by atoms with Crippen LogP contribution in [0.5, 0.6) is 11.5 Å². The number of ether oxygens (including phenoxy) is 3. The third-order valence-corrected chi connectivity index (χ3v) is 3.85. The predicted molar refractivity (Wildman–Crippen MR) is 105 cm³/mol. The van der Waals surface area contributed by atoms with E-state index in [1.165, 1.54) is 7.11 Å². The molecular formula is C20H23N3O5. The summed E-state index contributed by atoms with van der Waals surface area (Å²) < 4.78 is 15.9. The lowest BCUT2D eigenvalue weighted by Gasteiger charge is -2.15. The quantitative estimate of drug-likeness (QED) is 0.476. The maximum absolute atomic E-state index is 11.5. The van der Waals surface area contributed by atoms with Crippen molar-refractivity contribution in [3.8, 4) is 11.5 Å². The molecule has 2 aromatic carbocycles. The Morgan fingerprint density at radius 1 is 1.00 bits per heavy atom. The number of rotatable bonds is 8. The van der Waals surface area contributed by atoms with Crippen molar-refractivity contribution >= 4 is 17.7 Å². The van der Waals surface area contributed by atoms with Gasteiger partial charge in [-0.3, -0.25) is 10.9 Å². The second kappa shape index (κ2) is 9.86. The third kappa shape index (κ3) is 5.41. The fourth-order valence-corrected chi connectivity index (χ4v) is 2.41. The lowest BCUT2D eigenvalue weighted by atomic mass is 10.1. The van der Waals surface area contributed by atoms with Gasteiger partial charge in [0.2, 0.25) is 0 Å². The Kier molecular flexibility index (Phi) is 7.27. The highest BCUT2D eigenvalue weighted by molar-refractivity contribution is 5.89. The number of hydrazine groups is 1. The molecule has 0 aliphatic carbocycles. The van der Waals surface area contributed by atoms with E-state index >= 15 is 0 Å². The van der Waals surface area contributed by atoms with E-state index in [9.17, 15) is 9.59 Å². The predicted octanol–water partition coefficient (Wildman–Crippen LogP) is 2.59. The summed E-state index contributed by atoms with van der Waals surface area (Å²) >= 11 is 0. The van der Waals surface area contributed by atoms with E-state index in [0.29, 0.717) is 29.4 Å². The number of allylic oxidation sites excluding steroid dienone is 1. The minimum Gasteiger partial charge on any atom is -0.493 e. The number of nitrogens with two attached hydrogens (primary N) is 1. The Balaban J connectivity index is 2.09. The van der Waals surface area contributed by atoms with E-state index in [1.54, 1.807) is 49.6 Å². The number of primary amides is 1. The molecule has 0 saturated carbocycles. The van der Waals surface area contributed by atoms with Gasteiger partial charge >= 0.3 is 12.0 Å². The smallest absolute Gasteiger partial charge is 0.337 e. The molecule has 0 spiro atoms. The molecule has 4 N–H and O–H groups in total. The van der Waals surface area contributed by atoms with Gasteiger partial charge in [0.1, 0.15) is 6.61 Å². The maximum atomic E-state index is 11.5. The molecule has 0 radical (unpaired) electrons. The zero-order chi connectivity index (χ0) is 20.5. The number of esters is 1. The fraction of sp³-hybridized carbons (Fsp3) is 0.200. The first-order chi connectivity index (χ1) is 13.5. The molecule has 0 aliphatic rings. The van der Waals surface area contributed by atoms with E-state index in [0.717, 1.165) is 11.1 Å². The second-order valence-electron chi connectivity index (χ2n) is 5.66. The van der Waals surface area contributed by atoms with Crippen molar-refractivity contribution in [1.82, 2.24) is 10.9 Å². The normalized spacial score (nSPS) is 10.8. The van der Waals surface area contributed by atoms with Gasteiger partial charge in [-0.05, 0) is 42.8 Å². The van der Waals surface area contributed by atoms with Crippen LogP contribution in [0.15, 0.2) is 48.5 Å². The highest BCUT2D eigenvalue weighted by atomic mass is 16.5. The fourth-order valence-electron chi connectivity index (χ4n) is 2.41. The average Bonchev–Trinajstić information content (AvgIpc) is 2.72. The number of carbonyl (C=O) groups is 2. The van der Waals surface area contributed by atoms with Crippen LogP contribution in [0.4, 0.5) is 4.79 Å². The molecular weight excluding hydrogens is 362 g/mol. The van der Waals surface area contributed by atoms with Gasteiger partial charge in [-0.15, -0.1) is 0 Å². The zero-order valence-corrected chi connectivity index (χ0v) is 15.9. The van der Waals surface area contributed by atoms with Gasteiger partial charge < -0.3 is 19.9 Å². The first kappa shape index (κ1) is 20.6. The van der Waals surface area contributed by atoms with Gasteiger partial charge in [0.05, 0.1) is 25.5 Å². The van der Waals surface area contributed by atoms with Crippen LogP contribution in [-0.4, -0.2) is 26.2 Å². The summed E-state index contributed by atoms with van der Waals surface area (Å²) in [5.74, 6) is 0.703. The molecule has 0 aliphatic heterocycles. The van der Waals surface area contributed by atoms with Crippen LogP contribution in [0.3, 0.4) is 0 Å². The number of hydrogen-bond acceptors (Lipinski definition) is 6. The van der Waals surface area contributed by atoms with Gasteiger partial charge in [-0.25, -0.2) is 9.59 Å². The van der Waals surface area contributed by atoms with Crippen LogP contribution in [0.1, 0.15) is 28.4 Å². The van der Waals surface area contributed by atoms with Crippen molar-refractivity contribution in [1.29, 1.82) is 0 Å². The SMILES string of the molecule is C/C=C(/NNC(N)=O)c1ccc(OCc2ccc(C(=O)OC)cc2)c(OC)c1. The van der Waals surface area contributed by atoms with E-state index in [2.05, 4.69) is 15.6 Å². The minimum atomic E-state index is -0.690.